The zero-order valence-electron chi connectivity index (χ0n) is 18.8. The van der Waals surface area contributed by atoms with Crippen LogP contribution in [-0.2, 0) is 25.5 Å². The molecular formula is C25H25N3O6S. The Bertz CT molecular complexity index is 1140. The van der Waals surface area contributed by atoms with E-state index in [9.17, 15) is 14.4 Å². The molecule has 2 amide bonds. The molecular weight excluding hydrogens is 470 g/mol. The van der Waals surface area contributed by atoms with Crippen molar-refractivity contribution in [1.29, 1.82) is 0 Å². The van der Waals surface area contributed by atoms with Crippen LogP contribution in [0.1, 0.15) is 21.9 Å². The summed E-state index contributed by atoms with van der Waals surface area (Å²) in [6.07, 6.45) is 1.19. The van der Waals surface area contributed by atoms with Gasteiger partial charge in [0.1, 0.15) is 19.3 Å². The van der Waals surface area contributed by atoms with Crippen molar-refractivity contribution in [2.24, 2.45) is 0 Å². The molecule has 3 N–H and O–H groups in total. The Balaban J connectivity index is 1.36. The molecule has 0 fully saturated rings. The monoisotopic (exact) mass is 495 g/mol. The van der Waals surface area contributed by atoms with Gasteiger partial charge in [0.2, 0.25) is 5.91 Å². The maximum absolute atomic E-state index is 12.7. The molecule has 1 heterocycles. The lowest BCUT2D eigenvalue weighted by molar-refractivity contribution is -0.142. The van der Waals surface area contributed by atoms with Crippen LogP contribution in [-0.4, -0.2) is 60.5 Å². The fourth-order valence-electron chi connectivity index (χ4n) is 4.06. The van der Waals surface area contributed by atoms with Crippen molar-refractivity contribution in [2.45, 2.75) is 18.4 Å². The molecule has 10 heteroatoms. The molecule has 0 aliphatic heterocycles. The fraction of sp³-hybridized carbons (Fsp3) is 0.280. The Hall–Kier alpha value is -3.76. The lowest BCUT2D eigenvalue weighted by atomic mass is 9.98. The number of nitrogens with zero attached hydrogens (tertiary/aromatic N) is 1. The maximum Gasteiger partial charge on any atom is 0.407 e. The highest BCUT2D eigenvalue weighted by Gasteiger charge is 2.30. The first-order chi connectivity index (χ1) is 17.0. The number of alkyl carbamates (subject to hydrolysis) is 1. The molecule has 1 atom stereocenters. The van der Waals surface area contributed by atoms with Gasteiger partial charge in [0.05, 0.1) is 12.1 Å². The molecule has 9 nitrogen and oxygen atoms in total. The summed E-state index contributed by atoms with van der Waals surface area (Å²) in [5, 5.41) is 13.9. The molecule has 0 bridgehead atoms. The molecule has 2 aromatic carbocycles. The highest BCUT2D eigenvalue weighted by atomic mass is 32.1. The van der Waals surface area contributed by atoms with Gasteiger partial charge >= 0.3 is 12.1 Å². The van der Waals surface area contributed by atoms with Gasteiger partial charge in [0, 0.05) is 30.0 Å². The number of benzene rings is 2. The highest BCUT2D eigenvalue weighted by Crippen LogP contribution is 2.44. The summed E-state index contributed by atoms with van der Waals surface area (Å²) in [5.41, 5.74) is 6.11. The molecule has 182 valence electrons. The first-order valence-corrected chi connectivity index (χ1v) is 12.0. The Morgan fingerprint density at radius 2 is 1.74 bits per heavy atom. The van der Waals surface area contributed by atoms with Gasteiger partial charge < -0.3 is 25.2 Å². The maximum atomic E-state index is 12.7. The van der Waals surface area contributed by atoms with Crippen LogP contribution in [0, 0.1) is 0 Å². The number of carbonyl (C=O) groups excluding carboxylic acids is 2. The molecule has 1 aliphatic rings. The Morgan fingerprint density at radius 1 is 1.06 bits per heavy atom. The van der Waals surface area contributed by atoms with Gasteiger partial charge in [-0.05, 0) is 22.3 Å². The number of hydrogen-bond acceptors (Lipinski definition) is 7. The van der Waals surface area contributed by atoms with Crippen molar-refractivity contribution < 1.29 is 29.0 Å². The molecule has 35 heavy (non-hydrogen) atoms. The van der Waals surface area contributed by atoms with Gasteiger partial charge in [-0.15, -0.1) is 11.3 Å². The predicted molar refractivity (Wildman–Crippen MR) is 129 cm³/mol. The number of fused-ring (bicyclic) bond motifs is 3. The van der Waals surface area contributed by atoms with Crippen LogP contribution in [0.25, 0.3) is 11.1 Å². The van der Waals surface area contributed by atoms with E-state index >= 15 is 0 Å². The van der Waals surface area contributed by atoms with E-state index in [1.807, 2.05) is 36.4 Å². The summed E-state index contributed by atoms with van der Waals surface area (Å²) in [4.78, 5) is 40.8. The summed E-state index contributed by atoms with van der Waals surface area (Å²) < 4.78 is 10.5. The summed E-state index contributed by atoms with van der Waals surface area (Å²) in [5.74, 6) is -1.60. The van der Waals surface area contributed by atoms with Crippen molar-refractivity contribution in [3.05, 3.63) is 76.2 Å². The number of aromatic nitrogens is 1. The van der Waals surface area contributed by atoms with Crippen LogP contribution >= 0.6 is 11.3 Å². The van der Waals surface area contributed by atoms with E-state index in [2.05, 4.69) is 27.8 Å². The van der Waals surface area contributed by atoms with E-state index in [1.165, 1.54) is 11.3 Å². The van der Waals surface area contributed by atoms with Gasteiger partial charge in [-0.25, -0.2) is 9.59 Å². The Kier molecular flexibility index (Phi) is 8.07. The zero-order chi connectivity index (χ0) is 24.6. The third-order valence-corrected chi connectivity index (χ3v) is 6.41. The van der Waals surface area contributed by atoms with Gasteiger partial charge in [-0.2, -0.15) is 0 Å². The number of nitrogens with one attached hydrogen (secondary N) is 2. The van der Waals surface area contributed by atoms with E-state index in [4.69, 9.17) is 14.6 Å². The Morgan fingerprint density at radius 3 is 2.37 bits per heavy atom. The van der Waals surface area contributed by atoms with E-state index in [1.54, 1.807) is 11.7 Å². The topological polar surface area (TPSA) is 127 Å². The van der Waals surface area contributed by atoms with Crippen LogP contribution in [0.2, 0.25) is 0 Å². The largest absolute Gasteiger partial charge is 0.480 e. The average Bonchev–Trinajstić information content (AvgIpc) is 3.48. The zero-order valence-corrected chi connectivity index (χ0v) is 19.6. The fourth-order valence-corrected chi connectivity index (χ4v) is 4.71. The van der Waals surface area contributed by atoms with E-state index in [-0.39, 0.29) is 32.1 Å². The van der Waals surface area contributed by atoms with Crippen molar-refractivity contribution in [3.8, 4) is 11.1 Å². The quantitative estimate of drug-likeness (QED) is 0.349. The number of thiazole rings is 1. The SMILES string of the molecule is O=C(O)COCCNC(=O)C(Cc1cncs1)NC(=O)OCC1c2ccccc2-c2ccccc21. The minimum atomic E-state index is -1.09. The number of amides is 2. The minimum absolute atomic E-state index is 0.0380. The molecule has 0 radical (unpaired) electrons. The molecule has 0 saturated heterocycles. The molecule has 1 unspecified atom stereocenters. The third kappa shape index (κ3) is 6.23. The van der Waals surface area contributed by atoms with E-state index in [0.717, 1.165) is 27.1 Å². The first kappa shape index (κ1) is 24.4. The number of ether oxygens (including phenoxy) is 2. The average molecular weight is 496 g/mol. The van der Waals surface area contributed by atoms with Gasteiger partial charge in [0.15, 0.2) is 0 Å². The summed E-state index contributed by atoms with van der Waals surface area (Å²) >= 11 is 1.38. The van der Waals surface area contributed by atoms with Gasteiger partial charge in [-0.1, -0.05) is 48.5 Å². The van der Waals surface area contributed by atoms with Crippen LogP contribution in [0.15, 0.2) is 60.2 Å². The molecule has 0 saturated carbocycles. The third-order valence-electron chi connectivity index (χ3n) is 5.61. The van der Waals surface area contributed by atoms with Crippen LogP contribution in [0.4, 0.5) is 4.79 Å². The Labute approximate surface area is 206 Å². The van der Waals surface area contributed by atoms with Crippen molar-refractivity contribution in [2.75, 3.05) is 26.4 Å². The first-order valence-electron chi connectivity index (χ1n) is 11.1. The van der Waals surface area contributed by atoms with Crippen LogP contribution in [0.3, 0.4) is 0 Å². The predicted octanol–water partition coefficient (Wildman–Crippen LogP) is 2.81. The highest BCUT2D eigenvalue weighted by molar-refractivity contribution is 7.09. The smallest absolute Gasteiger partial charge is 0.407 e. The molecule has 1 aromatic heterocycles. The minimum Gasteiger partial charge on any atom is -0.480 e. The molecule has 0 spiro atoms. The van der Waals surface area contributed by atoms with Crippen molar-refractivity contribution >= 4 is 29.3 Å². The second-order valence-corrected chi connectivity index (χ2v) is 8.90. The summed E-state index contributed by atoms with van der Waals surface area (Å²) in [6, 6.07) is 15.2. The standard InChI is InChI=1S/C25H25N3O6S/c29-23(30)14-33-10-9-27-24(31)22(11-16-12-26-15-35-16)28-25(32)34-13-21-19-7-3-1-5-17(19)18-6-2-4-8-20(18)21/h1-8,12,15,21-22H,9-11,13-14H2,(H,27,31)(H,28,32)(H,29,30). The van der Waals surface area contributed by atoms with E-state index < -0.39 is 30.6 Å². The van der Waals surface area contributed by atoms with Crippen molar-refractivity contribution in [3.63, 3.8) is 0 Å². The van der Waals surface area contributed by atoms with E-state index in [0.29, 0.717) is 0 Å². The van der Waals surface area contributed by atoms with Crippen LogP contribution in [0.5, 0.6) is 0 Å². The van der Waals surface area contributed by atoms with Crippen LogP contribution < -0.4 is 10.6 Å². The lowest BCUT2D eigenvalue weighted by Crippen LogP contribution is -2.48. The number of aliphatic carboxylic acids is 1. The van der Waals surface area contributed by atoms with Gasteiger partial charge in [0.25, 0.3) is 0 Å². The normalized spacial score (nSPS) is 12.9. The second kappa shape index (κ2) is 11.6. The summed E-state index contributed by atoms with van der Waals surface area (Å²) in [6.45, 7) is -0.163. The number of carboxylic acid groups (broad SMARTS) is 1. The van der Waals surface area contributed by atoms with Crippen molar-refractivity contribution in [1.82, 2.24) is 15.6 Å². The molecule has 3 aromatic rings. The summed E-state index contributed by atoms with van der Waals surface area (Å²) in [7, 11) is 0. The second-order valence-electron chi connectivity index (χ2n) is 7.93. The molecule has 4 rings (SSSR count). The number of hydrogen-bond donors (Lipinski definition) is 3. The number of rotatable bonds is 11. The number of carbonyl (C=O) groups is 3. The van der Waals surface area contributed by atoms with Gasteiger partial charge in [-0.3, -0.25) is 9.78 Å². The lowest BCUT2D eigenvalue weighted by Gasteiger charge is -2.19. The molecule has 1 aliphatic carbocycles. The number of carboxylic acids is 1.